The summed E-state index contributed by atoms with van der Waals surface area (Å²) in [6, 6.07) is 3.55. The van der Waals surface area contributed by atoms with Crippen molar-refractivity contribution in [3.63, 3.8) is 0 Å². The molecule has 0 atom stereocenters. The van der Waals surface area contributed by atoms with E-state index < -0.39 is 17.0 Å². The van der Waals surface area contributed by atoms with Gasteiger partial charge < -0.3 is 9.47 Å². The molecule has 128 valence electrons. The van der Waals surface area contributed by atoms with E-state index in [1.165, 1.54) is 25.3 Å². The van der Waals surface area contributed by atoms with Crippen molar-refractivity contribution in [2.75, 3.05) is 7.11 Å². The van der Waals surface area contributed by atoms with Crippen LogP contribution in [0.25, 0.3) is 6.08 Å². The number of nitrogens with zero attached hydrogens (tertiary/aromatic N) is 1. The number of nitro groups is 1. The molecule has 2 rings (SSSR count). The normalized spacial score (nSPS) is 16.5. The van der Waals surface area contributed by atoms with Gasteiger partial charge in [-0.3, -0.25) is 10.1 Å². The maximum absolute atomic E-state index is 12.3. The smallest absolute Gasteiger partial charge is 0.496 e. The minimum Gasteiger partial charge on any atom is -0.496 e. The predicted octanol–water partition coefficient (Wildman–Crippen LogP) is 4.49. The zero-order chi connectivity index (χ0) is 17.9. The van der Waals surface area contributed by atoms with Crippen LogP contribution in [-0.4, -0.2) is 18.4 Å². The van der Waals surface area contributed by atoms with Crippen LogP contribution >= 0.6 is 0 Å². The topological polar surface area (TPSA) is 61.6 Å². The predicted molar refractivity (Wildman–Crippen MR) is 81.1 cm³/mol. The van der Waals surface area contributed by atoms with Crippen molar-refractivity contribution in [1.29, 1.82) is 0 Å². The molecular formula is C16H14F3NO4. The minimum atomic E-state index is -4.82. The van der Waals surface area contributed by atoms with E-state index in [0.29, 0.717) is 12.0 Å². The van der Waals surface area contributed by atoms with Gasteiger partial charge in [0.1, 0.15) is 11.5 Å². The number of methoxy groups -OCH3 is 1. The summed E-state index contributed by atoms with van der Waals surface area (Å²) in [7, 11) is 1.36. The van der Waals surface area contributed by atoms with Gasteiger partial charge in [0.05, 0.1) is 12.0 Å². The van der Waals surface area contributed by atoms with Crippen LogP contribution in [0.15, 0.2) is 47.2 Å². The van der Waals surface area contributed by atoms with Crippen LogP contribution in [0.1, 0.15) is 18.9 Å². The van der Waals surface area contributed by atoms with Gasteiger partial charge in [-0.2, -0.15) is 0 Å². The molecule has 0 N–H and O–H groups in total. The molecule has 0 spiro atoms. The standard InChI is InChI=1S/C16H14F3NO4/c1-10-3-4-11(14(7-10)20(21)22)8-12-9-13(24-16(17,18)19)5-6-15(12)23-2/h3,5-9H,4H2,1-2H3. The molecule has 8 heteroatoms. The maximum Gasteiger partial charge on any atom is 0.573 e. The molecular weight excluding hydrogens is 327 g/mol. The molecule has 1 aromatic carbocycles. The first kappa shape index (κ1) is 17.6. The average molecular weight is 341 g/mol. The summed E-state index contributed by atoms with van der Waals surface area (Å²) in [5, 5.41) is 11.2. The van der Waals surface area contributed by atoms with Crippen LogP contribution in [0.3, 0.4) is 0 Å². The fraction of sp³-hybridized carbons (Fsp3) is 0.250. The molecule has 0 saturated heterocycles. The second-order valence-corrected chi connectivity index (χ2v) is 5.06. The van der Waals surface area contributed by atoms with Gasteiger partial charge in [0.15, 0.2) is 0 Å². The van der Waals surface area contributed by atoms with E-state index in [1.54, 1.807) is 13.0 Å². The Bertz CT molecular complexity index is 748. The molecule has 1 aromatic rings. The second-order valence-electron chi connectivity index (χ2n) is 5.06. The van der Waals surface area contributed by atoms with Crippen molar-refractivity contribution >= 4 is 6.08 Å². The van der Waals surface area contributed by atoms with Crippen LogP contribution in [-0.2, 0) is 0 Å². The van der Waals surface area contributed by atoms with E-state index >= 15 is 0 Å². The van der Waals surface area contributed by atoms with Gasteiger partial charge >= 0.3 is 6.36 Å². The van der Waals surface area contributed by atoms with E-state index in [0.717, 1.165) is 17.7 Å². The number of hydrogen-bond acceptors (Lipinski definition) is 4. The molecule has 5 nitrogen and oxygen atoms in total. The Hall–Kier alpha value is -2.77. The SMILES string of the molecule is COc1ccc(OC(F)(F)F)cc1C=C1CC=C(C)C=C1[N+](=O)[O-]. The molecule has 0 radical (unpaired) electrons. The van der Waals surface area contributed by atoms with Gasteiger partial charge in [-0.05, 0) is 43.2 Å². The molecule has 0 bridgehead atoms. The Morgan fingerprint density at radius 1 is 1.33 bits per heavy atom. The lowest BCUT2D eigenvalue weighted by Crippen LogP contribution is -2.17. The Balaban J connectivity index is 2.45. The molecule has 0 aromatic heterocycles. The fourth-order valence-electron chi connectivity index (χ4n) is 2.26. The van der Waals surface area contributed by atoms with Crippen LogP contribution in [0.2, 0.25) is 0 Å². The van der Waals surface area contributed by atoms with Crippen molar-refractivity contribution in [2.24, 2.45) is 0 Å². The number of ether oxygens (including phenoxy) is 2. The lowest BCUT2D eigenvalue weighted by molar-refractivity contribution is -0.421. The molecule has 0 heterocycles. The number of allylic oxidation sites excluding steroid dienone is 4. The zero-order valence-electron chi connectivity index (χ0n) is 12.9. The summed E-state index contributed by atoms with van der Waals surface area (Å²) < 4.78 is 46.0. The Morgan fingerprint density at radius 3 is 2.62 bits per heavy atom. The average Bonchev–Trinajstić information content (AvgIpc) is 2.47. The van der Waals surface area contributed by atoms with Crippen molar-refractivity contribution in [2.45, 2.75) is 19.7 Å². The lowest BCUT2D eigenvalue weighted by atomic mass is 9.97. The van der Waals surface area contributed by atoms with E-state index in [2.05, 4.69) is 4.74 Å². The highest BCUT2D eigenvalue weighted by Crippen LogP contribution is 2.32. The highest BCUT2D eigenvalue weighted by molar-refractivity contribution is 5.65. The number of benzene rings is 1. The quantitative estimate of drug-likeness (QED) is 0.598. The number of alkyl halides is 3. The summed E-state index contributed by atoms with van der Waals surface area (Å²) >= 11 is 0. The summed E-state index contributed by atoms with van der Waals surface area (Å²) in [4.78, 5) is 10.7. The van der Waals surface area contributed by atoms with Crippen molar-refractivity contribution in [3.05, 3.63) is 62.9 Å². The maximum atomic E-state index is 12.3. The van der Waals surface area contributed by atoms with Gasteiger partial charge in [0.2, 0.25) is 0 Å². The first-order chi connectivity index (χ1) is 11.2. The van der Waals surface area contributed by atoms with Gasteiger partial charge in [0.25, 0.3) is 5.70 Å². The molecule has 0 aliphatic heterocycles. The van der Waals surface area contributed by atoms with Crippen molar-refractivity contribution in [1.82, 2.24) is 0 Å². The Morgan fingerprint density at radius 2 is 2.04 bits per heavy atom. The lowest BCUT2D eigenvalue weighted by Gasteiger charge is -2.13. The summed E-state index contributed by atoms with van der Waals surface area (Å²) in [6.45, 7) is 1.73. The monoisotopic (exact) mass is 341 g/mol. The number of hydrogen-bond donors (Lipinski definition) is 0. The van der Waals surface area contributed by atoms with E-state index in [9.17, 15) is 23.3 Å². The van der Waals surface area contributed by atoms with Crippen LogP contribution in [0.5, 0.6) is 11.5 Å². The first-order valence-corrected chi connectivity index (χ1v) is 6.87. The van der Waals surface area contributed by atoms with E-state index in [1.807, 2.05) is 0 Å². The fourth-order valence-corrected chi connectivity index (χ4v) is 2.26. The van der Waals surface area contributed by atoms with Gasteiger partial charge in [-0.15, -0.1) is 13.2 Å². The Labute approximate surface area is 135 Å². The number of rotatable bonds is 4. The minimum absolute atomic E-state index is 0.0980. The molecule has 1 aliphatic carbocycles. The van der Waals surface area contributed by atoms with Gasteiger partial charge in [-0.1, -0.05) is 6.08 Å². The number of halogens is 3. The summed E-state index contributed by atoms with van der Waals surface area (Å²) in [5.74, 6) is -0.143. The largest absolute Gasteiger partial charge is 0.573 e. The van der Waals surface area contributed by atoms with Crippen LogP contribution < -0.4 is 9.47 Å². The third-order valence-corrected chi connectivity index (χ3v) is 3.30. The zero-order valence-corrected chi connectivity index (χ0v) is 12.9. The second kappa shape index (κ2) is 6.77. The Kier molecular flexibility index (Phi) is 4.96. The molecule has 1 aliphatic rings. The van der Waals surface area contributed by atoms with Crippen molar-refractivity contribution < 1.29 is 27.6 Å². The highest BCUT2D eigenvalue weighted by atomic mass is 19.4. The van der Waals surface area contributed by atoms with Gasteiger partial charge in [-0.25, -0.2) is 0 Å². The van der Waals surface area contributed by atoms with Crippen LogP contribution in [0.4, 0.5) is 13.2 Å². The van der Waals surface area contributed by atoms with Gasteiger partial charge in [0, 0.05) is 17.2 Å². The molecule has 0 saturated carbocycles. The highest BCUT2D eigenvalue weighted by Gasteiger charge is 2.31. The van der Waals surface area contributed by atoms with Crippen LogP contribution in [0, 0.1) is 10.1 Å². The first-order valence-electron chi connectivity index (χ1n) is 6.87. The van der Waals surface area contributed by atoms with Crippen molar-refractivity contribution in [3.8, 4) is 11.5 Å². The molecule has 0 fully saturated rings. The molecule has 0 amide bonds. The third-order valence-electron chi connectivity index (χ3n) is 3.30. The summed E-state index contributed by atoms with van der Waals surface area (Å²) in [6.07, 6.45) is 0.112. The third kappa shape index (κ3) is 4.37. The molecule has 0 unspecified atom stereocenters. The summed E-state index contributed by atoms with van der Waals surface area (Å²) in [5.41, 5.74) is 1.28. The molecule has 24 heavy (non-hydrogen) atoms. The van der Waals surface area contributed by atoms with E-state index in [4.69, 9.17) is 4.74 Å². The van der Waals surface area contributed by atoms with E-state index in [-0.39, 0.29) is 17.0 Å².